The average molecular weight is 423 g/mol. The van der Waals surface area contributed by atoms with Crippen LogP contribution in [0.25, 0.3) is 10.9 Å². The van der Waals surface area contributed by atoms with E-state index in [1.807, 2.05) is 12.1 Å². The van der Waals surface area contributed by atoms with Gasteiger partial charge in [-0.15, -0.1) is 0 Å². The van der Waals surface area contributed by atoms with Crippen LogP contribution in [0.2, 0.25) is 10.0 Å². The molecule has 1 N–H and O–H groups in total. The van der Waals surface area contributed by atoms with Crippen LogP contribution in [0.4, 0.5) is 0 Å². The van der Waals surface area contributed by atoms with Crippen LogP contribution >= 0.6 is 23.2 Å². The van der Waals surface area contributed by atoms with E-state index in [0.29, 0.717) is 5.02 Å². The van der Waals surface area contributed by atoms with Crippen molar-refractivity contribution in [3.05, 3.63) is 105 Å². The van der Waals surface area contributed by atoms with E-state index in [2.05, 4.69) is 71.5 Å². The highest BCUT2D eigenvalue weighted by Crippen LogP contribution is 2.24. The summed E-state index contributed by atoms with van der Waals surface area (Å²) in [4.78, 5) is 0. The van der Waals surface area contributed by atoms with Gasteiger partial charge >= 0.3 is 0 Å². The van der Waals surface area contributed by atoms with Crippen molar-refractivity contribution in [3.8, 4) is 0 Å². The first-order chi connectivity index (χ1) is 14.1. The highest BCUT2D eigenvalue weighted by atomic mass is 35.5. The molecule has 0 aliphatic heterocycles. The van der Waals surface area contributed by atoms with E-state index < -0.39 is 0 Å². The molecule has 4 rings (SSSR count). The molecular weight excluding hydrogens is 399 g/mol. The summed E-state index contributed by atoms with van der Waals surface area (Å²) >= 11 is 12.3. The third-order valence-corrected chi connectivity index (χ3v) is 5.96. The van der Waals surface area contributed by atoms with E-state index in [1.165, 1.54) is 27.6 Å². The molecule has 0 bridgehead atoms. The van der Waals surface area contributed by atoms with Gasteiger partial charge in [-0.1, -0.05) is 71.7 Å². The van der Waals surface area contributed by atoms with Crippen LogP contribution < -0.4 is 5.32 Å². The highest BCUT2D eigenvalue weighted by molar-refractivity contribution is 6.35. The van der Waals surface area contributed by atoms with Crippen LogP contribution in [0.5, 0.6) is 0 Å². The van der Waals surface area contributed by atoms with Gasteiger partial charge in [0.05, 0.1) is 0 Å². The molecule has 148 valence electrons. The van der Waals surface area contributed by atoms with Crippen molar-refractivity contribution in [1.82, 2.24) is 9.88 Å². The first kappa shape index (κ1) is 20.0. The Morgan fingerprint density at radius 1 is 0.862 bits per heavy atom. The fourth-order valence-electron chi connectivity index (χ4n) is 3.74. The fraction of sp³-hybridized carbons (Fsp3) is 0.200. The number of fused-ring (bicyclic) bond motifs is 1. The Hall–Kier alpha value is -2.26. The molecule has 0 atom stereocenters. The quantitative estimate of drug-likeness (QED) is 0.330. The van der Waals surface area contributed by atoms with Gasteiger partial charge in [-0.2, -0.15) is 0 Å². The number of hydrogen-bond donors (Lipinski definition) is 1. The second-order valence-electron chi connectivity index (χ2n) is 7.39. The van der Waals surface area contributed by atoms with Gasteiger partial charge in [0.25, 0.3) is 0 Å². The van der Waals surface area contributed by atoms with Crippen LogP contribution in [0, 0.1) is 6.92 Å². The molecule has 2 nitrogen and oxygen atoms in total. The maximum atomic E-state index is 6.28. The minimum absolute atomic E-state index is 0.674. The Kier molecular flexibility index (Phi) is 6.25. The number of para-hydroxylation sites is 1. The van der Waals surface area contributed by atoms with Crippen molar-refractivity contribution in [3.63, 3.8) is 0 Å². The molecule has 29 heavy (non-hydrogen) atoms. The number of nitrogens with one attached hydrogen (secondary N) is 1. The normalized spacial score (nSPS) is 11.3. The number of aromatic nitrogens is 1. The summed E-state index contributed by atoms with van der Waals surface area (Å²) in [5.41, 5.74) is 6.38. The van der Waals surface area contributed by atoms with Crippen molar-refractivity contribution in [2.24, 2.45) is 0 Å². The second-order valence-corrected chi connectivity index (χ2v) is 8.23. The van der Waals surface area contributed by atoms with Crippen LogP contribution in [-0.4, -0.2) is 11.1 Å². The Morgan fingerprint density at radius 2 is 1.66 bits per heavy atom. The van der Waals surface area contributed by atoms with E-state index >= 15 is 0 Å². The van der Waals surface area contributed by atoms with Crippen LogP contribution in [-0.2, 0) is 19.5 Å². The van der Waals surface area contributed by atoms with Gasteiger partial charge in [0, 0.05) is 40.2 Å². The number of aryl methyl sites for hydroxylation is 1. The monoisotopic (exact) mass is 422 g/mol. The third-order valence-electron chi connectivity index (χ3n) is 5.37. The summed E-state index contributed by atoms with van der Waals surface area (Å²) in [6, 6.07) is 22.9. The minimum Gasteiger partial charge on any atom is -0.343 e. The van der Waals surface area contributed by atoms with Gasteiger partial charge in [-0.05, 0) is 60.3 Å². The summed E-state index contributed by atoms with van der Waals surface area (Å²) in [5, 5.41) is 6.28. The molecular formula is C25H24Cl2N2. The van der Waals surface area contributed by atoms with Crippen LogP contribution in [0.3, 0.4) is 0 Å². The van der Waals surface area contributed by atoms with Gasteiger partial charge in [0.2, 0.25) is 0 Å². The molecule has 4 heteroatoms. The topological polar surface area (TPSA) is 17.0 Å². The lowest BCUT2D eigenvalue weighted by Gasteiger charge is -2.08. The Morgan fingerprint density at radius 3 is 2.48 bits per heavy atom. The largest absolute Gasteiger partial charge is 0.343 e. The molecule has 1 heterocycles. The van der Waals surface area contributed by atoms with E-state index in [0.717, 1.165) is 36.6 Å². The minimum atomic E-state index is 0.674. The lowest BCUT2D eigenvalue weighted by molar-refractivity contribution is 0.686. The smallest absolute Gasteiger partial charge is 0.0486 e. The highest BCUT2D eigenvalue weighted by Gasteiger charge is 2.09. The number of benzene rings is 3. The molecule has 0 aliphatic carbocycles. The van der Waals surface area contributed by atoms with E-state index in [4.69, 9.17) is 23.2 Å². The Bertz CT molecular complexity index is 1130. The maximum absolute atomic E-state index is 6.28. The number of rotatable bonds is 7. The summed E-state index contributed by atoms with van der Waals surface area (Å²) in [6.45, 7) is 4.74. The molecule has 0 saturated carbocycles. The number of halogens is 2. The lowest BCUT2D eigenvalue weighted by Crippen LogP contribution is -2.16. The Balaban J connectivity index is 1.47. The summed E-state index contributed by atoms with van der Waals surface area (Å²) in [5.74, 6) is 0. The zero-order valence-corrected chi connectivity index (χ0v) is 18.0. The molecule has 0 spiro atoms. The standard InChI is InChI=1S/C25H24Cl2N2/c1-18-6-2-3-7-20(18)16-29-17-21(23-8-4-5-9-25(23)29)15-28-13-12-19-10-11-22(26)14-24(19)27/h2-11,14,17,28H,12-13,15-16H2,1H3. The maximum Gasteiger partial charge on any atom is 0.0486 e. The third kappa shape index (κ3) is 4.67. The predicted molar refractivity (Wildman–Crippen MR) is 124 cm³/mol. The van der Waals surface area contributed by atoms with Crippen molar-refractivity contribution < 1.29 is 0 Å². The van der Waals surface area contributed by atoms with Crippen molar-refractivity contribution in [1.29, 1.82) is 0 Å². The van der Waals surface area contributed by atoms with Crippen LogP contribution in [0.1, 0.15) is 22.3 Å². The van der Waals surface area contributed by atoms with Crippen LogP contribution in [0.15, 0.2) is 72.9 Å². The van der Waals surface area contributed by atoms with E-state index in [-0.39, 0.29) is 0 Å². The van der Waals surface area contributed by atoms with Gasteiger partial charge in [-0.3, -0.25) is 0 Å². The summed E-state index contributed by atoms with van der Waals surface area (Å²) < 4.78 is 2.35. The van der Waals surface area contributed by atoms with Gasteiger partial charge in [-0.25, -0.2) is 0 Å². The molecule has 3 aromatic carbocycles. The second kappa shape index (κ2) is 9.04. The molecule has 0 unspecified atom stereocenters. The molecule has 0 radical (unpaired) electrons. The summed E-state index contributed by atoms with van der Waals surface area (Å²) in [7, 11) is 0. The summed E-state index contributed by atoms with van der Waals surface area (Å²) in [6.07, 6.45) is 3.15. The molecule has 0 saturated heterocycles. The first-order valence-electron chi connectivity index (χ1n) is 9.88. The fourth-order valence-corrected chi connectivity index (χ4v) is 4.24. The average Bonchev–Trinajstić information content (AvgIpc) is 3.06. The van der Waals surface area contributed by atoms with Crippen molar-refractivity contribution in [2.75, 3.05) is 6.54 Å². The predicted octanol–water partition coefficient (Wildman–Crippen LogP) is 6.64. The first-order valence-corrected chi connectivity index (χ1v) is 10.6. The SMILES string of the molecule is Cc1ccccc1Cn1cc(CNCCc2ccc(Cl)cc2Cl)c2ccccc21. The zero-order chi connectivity index (χ0) is 20.2. The van der Waals surface area contributed by atoms with Crippen molar-refractivity contribution >= 4 is 34.1 Å². The van der Waals surface area contributed by atoms with E-state index in [1.54, 1.807) is 6.07 Å². The molecule has 0 aliphatic rings. The number of hydrogen-bond acceptors (Lipinski definition) is 1. The zero-order valence-electron chi connectivity index (χ0n) is 16.5. The van der Waals surface area contributed by atoms with Gasteiger partial charge in [0.15, 0.2) is 0 Å². The van der Waals surface area contributed by atoms with Gasteiger partial charge in [0.1, 0.15) is 0 Å². The molecule has 4 aromatic rings. The Labute approximate surface area is 182 Å². The molecule has 0 amide bonds. The number of nitrogens with zero attached hydrogens (tertiary/aromatic N) is 1. The van der Waals surface area contributed by atoms with Gasteiger partial charge < -0.3 is 9.88 Å². The lowest BCUT2D eigenvalue weighted by atomic mass is 10.1. The van der Waals surface area contributed by atoms with Crippen molar-refractivity contribution in [2.45, 2.75) is 26.4 Å². The molecule has 0 fully saturated rings. The van der Waals surface area contributed by atoms with E-state index in [9.17, 15) is 0 Å². The molecule has 1 aromatic heterocycles.